The molecule has 0 saturated heterocycles. The zero-order valence-electron chi connectivity index (χ0n) is 12.8. The number of nitrogens with zero attached hydrogens (tertiary/aromatic N) is 3. The first-order valence-corrected chi connectivity index (χ1v) is 7.42. The van der Waals surface area contributed by atoms with Crippen LogP contribution in [0.4, 0.5) is 0 Å². The fourth-order valence-corrected chi connectivity index (χ4v) is 2.38. The molecule has 0 aliphatic carbocycles. The van der Waals surface area contributed by atoms with Gasteiger partial charge in [-0.3, -0.25) is 4.68 Å². The summed E-state index contributed by atoms with van der Waals surface area (Å²) in [6, 6.07) is 1.77. The predicted octanol–water partition coefficient (Wildman–Crippen LogP) is 4.13. The Morgan fingerprint density at radius 3 is 2.65 bits per heavy atom. The van der Waals surface area contributed by atoms with Crippen molar-refractivity contribution in [2.75, 3.05) is 0 Å². The SMILES string of the molecule is Cc1c2c(OC(C)CCC(C)C)nc(Cl)cc2nn1C. The van der Waals surface area contributed by atoms with Crippen molar-refractivity contribution in [2.24, 2.45) is 13.0 Å². The molecule has 110 valence electrons. The molecule has 2 aromatic rings. The van der Waals surface area contributed by atoms with Crippen LogP contribution in [0.25, 0.3) is 10.9 Å². The molecule has 0 radical (unpaired) electrons. The maximum atomic E-state index is 6.06. The minimum atomic E-state index is 0.117. The third kappa shape index (κ3) is 3.23. The second kappa shape index (κ2) is 6.00. The lowest BCUT2D eigenvalue weighted by Crippen LogP contribution is -2.14. The van der Waals surface area contributed by atoms with Crippen LogP contribution in [-0.2, 0) is 7.05 Å². The number of hydrogen-bond donors (Lipinski definition) is 0. The average molecular weight is 296 g/mol. The summed E-state index contributed by atoms with van der Waals surface area (Å²) in [5, 5.41) is 5.80. The van der Waals surface area contributed by atoms with E-state index in [1.165, 1.54) is 0 Å². The summed E-state index contributed by atoms with van der Waals surface area (Å²) >= 11 is 6.06. The van der Waals surface area contributed by atoms with Crippen molar-refractivity contribution >= 4 is 22.5 Å². The third-order valence-electron chi connectivity index (χ3n) is 3.50. The Morgan fingerprint density at radius 1 is 1.30 bits per heavy atom. The third-order valence-corrected chi connectivity index (χ3v) is 3.70. The fourth-order valence-electron chi connectivity index (χ4n) is 2.20. The van der Waals surface area contributed by atoms with E-state index in [0.29, 0.717) is 17.0 Å². The van der Waals surface area contributed by atoms with Crippen molar-refractivity contribution in [3.05, 3.63) is 16.9 Å². The number of pyridine rings is 1. The Morgan fingerprint density at radius 2 is 2.00 bits per heavy atom. The van der Waals surface area contributed by atoms with Crippen molar-refractivity contribution in [2.45, 2.75) is 46.6 Å². The molecule has 1 atom stereocenters. The highest BCUT2D eigenvalue weighted by Crippen LogP contribution is 2.30. The van der Waals surface area contributed by atoms with E-state index >= 15 is 0 Å². The minimum Gasteiger partial charge on any atom is -0.474 e. The Labute approximate surface area is 125 Å². The van der Waals surface area contributed by atoms with E-state index in [9.17, 15) is 0 Å². The molecular weight excluding hydrogens is 274 g/mol. The number of fused-ring (bicyclic) bond motifs is 1. The molecule has 0 aromatic carbocycles. The molecule has 0 amide bonds. The van der Waals surface area contributed by atoms with Gasteiger partial charge in [-0.2, -0.15) is 5.10 Å². The van der Waals surface area contributed by atoms with E-state index in [1.54, 1.807) is 6.07 Å². The monoisotopic (exact) mass is 295 g/mol. The first kappa shape index (κ1) is 15.1. The molecule has 0 aliphatic rings. The van der Waals surface area contributed by atoms with E-state index in [4.69, 9.17) is 16.3 Å². The second-order valence-electron chi connectivity index (χ2n) is 5.75. The molecule has 2 heterocycles. The Hall–Kier alpha value is -1.29. The van der Waals surface area contributed by atoms with E-state index in [-0.39, 0.29) is 6.10 Å². The van der Waals surface area contributed by atoms with Gasteiger partial charge in [-0.05, 0) is 32.6 Å². The Kier molecular flexibility index (Phi) is 4.53. The molecule has 5 heteroatoms. The summed E-state index contributed by atoms with van der Waals surface area (Å²) in [6.07, 6.45) is 2.26. The van der Waals surface area contributed by atoms with Gasteiger partial charge in [0.05, 0.1) is 11.5 Å². The Bertz CT molecular complexity index is 607. The largest absolute Gasteiger partial charge is 0.474 e. The maximum Gasteiger partial charge on any atom is 0.226 e. The lowest BCUT2D eigenvalue weighted by Gasteiger charge is -2.16. The number of hydrogen-bond acceptors (Lipinski definition) is 3. The van der Waals surface area contributed by atoms with Crippen LogP contribution in [0.15, 0.2) is 6.07 Å². The van der Waals surface area contributed by atoms with Crippen molar-refractivity contribution in [1.82, 2.24) is 14.8 Å². The lowest BCUT2D eigenvalue weighted by molar-refractivity contribution is 0.196. The molecule has 20 heavy (non-hydrogen) atoms. The predicted molar refractivity (Wildman–Crippen MR) is 82.4 cm³/mol. The van der Waals surface area contributed by atoms with Crippen LogP contribution >= 0.6 is 11.6 Å². The number of aryl methyl sites for hydroxylation is 2. The molecule has 2 rings (SSSR count). The summed E-state index contributed by atoms with van der Waals surface area (Å²) in [7, 11) is 1.91. The first-order chi connectivity index (χ1) is 9.38. The van der Waals surface area contributed by atoms with Crippen LogP contribution in [0.5, 0.6) is 5.88 Å². The molecule has 1 unspecified atom stereocenters. The van der Waals surface area contributed by atoms with Crippen LogP contribution < -0.4 is 4.74 Å². The van der Waals surface area contributed by atoms with Crippen LogP contribution in [-0.4, -0.2) is 20.9 Å². The summed E-state index contributed by atoms with van der Waals surface area (Å²) in [6.45, 7) is 8.51. The molecule has 2 aromatic heterocycles. The van der Waals surface area contributed by atoms with Gasteiger partial charge in [-0.15, -0.1) is 0 Å². The standard InChI is InChI=1S/C15H22ClN3O/c1-9(2)6-7-10(3)20-15-14-11(4)19(5)18-12(14)8-13(16)17-15/h8-10H,6-7H2,1-5H3. The van der Waals surface area contributed by atoms with Gasteiger partial charge < -0.3 is 4.74 Å². The smallest absolute Gasteiger partial charge is 0.226 e. The number of halogens is 1. The molecule has 4 nitrogen and oxygen atoms in total. The van der Waals surface area contributed by atoms with E-state index in [2.05, 4.69) is 30.9 Å². The van der Waals surface area contributed by atoms with Gasteiger partial charge in [0.15, 0.2) is 0 Å². The quantitative estimate of drug-likeness (QED) is 0.779. The highest BCUT2D eigenvalue weighted by Gasteiger charge is 2.16. The summed E-state index contributed by atoms with van der Waals surface area (Å²) in [5.41, 5.74) is 1.87. The van der Waals surface area contributed by atoms with E-state index < -0.39 is 0 Å². The Balaban J connectivity index is 2.29. The number of rotatable bonds is 5. The summed E-state index contributed by atoms with van der Waals surface area (Å²) < 4.78 is 7.83. The highest BCUT2D eigenvalue weighted by molar-refractivity contribution is 6.30. The van der Waals surface area contributed by atoms with Gasteiger partial charge in [-0.1, -0.05) is 25.4 Å². The normalized spacial score (nSPS) is 13.2. The van der Waals surface area contributed by atoms with Gasteiger partial charge in [0.25, 0.3) is 0 Å². The van der Waals surface area contributed by atoms with Crippen molar-refractivity contribution in [3.8, 4) is 5.88 Å². The first-order valence-electron chi connectivity index (χ1n) is 7.05. The molecule has 0 bridgehead atoms. The highest BCUT2D eigenvalue weighted by atomic mass is 35.5. The van der Waals surface area contributed by atoms with Crippen LogP contribution in [0, 0.1) is 12.8 Å². The fraction of sp³-hybridized carbons (Fsp3) is 0.600. The molecule has 0 fully saturated rings. The van der Waals surface area contributed by atoms with Gasteiger partial charge in [0.1, 0.15) is 10.7 Å². The van der Waals surface area contributed by atoms with Crippen molar-refractivity contribution in [1.29, 1.82) is 0 Å². The number of ether oxygens (including phenoxy) is 1. The molecule has 0 N–H and O–H groups in total. The topological polar surface area (TPSA) is 39.9 Å². The summed E-state index contributed by atoms with van der Waals surface area (Å²) in [4.78, 5) is 4.33. The maximum absolute atomic E-state index is 6.06. The zero-order chi connectivity index (χ0) is 14.9. The van der Waals surface area contributed by atoms with Crippen molar-refractivity contribution in [3.63, 3.8) is 0 Å². The minimum absolute atomic E-state index is 0.117. The molecular formula is C15H22ClN3O. The van der Waals surface area contributed by atoms with Crippen LogP contribution in [0.1, 0.15) is 39.3 Å². The van der Waals surface area contributed by atoms with Crippen molar-refractivity contribution < 1.29 is 4.74 Å². The summed E-state index contributed by atoms with van der Waals surface area (Å²) in [5.74, 6) is 1.27. The average Bonchev–Trinajstić information content (AvgIpc) is 2.62. The molecule has 0 aliphatic heterocycles. The van der Waals surface area contributed by atoms with Gasteiger partial charge >= 0.3 is 0 Å². The lowest BCUT2D eigenvalue weighted by atomic mass is 10.1. The van der Waals surface area contributed by atoms with Crippen LogP contribution in [0.3, 0.4) is 0 Å². The van der Waals surface area contributed by atoms with Gasteiger partial charge in [0.2, 0.25) is 5.88 Å². The molecule has 0 saturated carbocycles. The zero-order valence-corrected chi connectivity index (χ0v) is 13.5. The van der Waals surface area contributed by atoms with E-state index in [1.807, 2.05) is 18.7 Å². The van der Waals surface area contributed by atoms with Gasteiger partial charge in [0, 0.05) is 18.8 Å². The van der Waals surface area contributed by atoms with E-state index in [0.717, 1.165) is 29.4 Å². The molecule has 0 spiro atoms. The number of aromatic nitrogens is 3. The van der Waals surface area contributed by atoms with Crippen LogP contribution in [0.2, 0.25) is 5.15 Å². The van der Waals surface area contributed by atoms with Gasteiger partial charge in [-0.25, -0.2) is 4.98 Å². The second-order valence-corrected chi connectivity index (χ2v) is 6.14.